The van der Waals surface area contributed by atoms with Crippen molar-refractivity contribution in [2.24, 2.45) is 0 Å². The number of carboxylic acids is 1. The number of carbonyl (C=O) groups excluding carboxylic acids is 1. The Bertz CT molecular complexity index is 502. The van der Waals surface area contributed by atoms with Gasteiger partial charge in [-0.25, -0.2) is 4.79 Å². The fraction of sp³-hybridized carbons (Fsp3) is 0.385. The van der Waals surface area contributed by atoms with Crippen LogP contribution in [0.5, 0.6) is 0 Å². The Hall–Kier alpha value is -2.12. The number of hydrogen-bond acceptors (Lipinski definition) is 6. The van der Waals surface area contributed by atoms with Crippen LogP contribution >= 0.6 is 0 Å². The van der Waals surface area contributed by atoms with Crippen LogP contribution in [0.2, 0.25) is 0 Å². The minimum Gasteiger partial charge on any atom is -0.481 e. The van der Waals surface area contributed by atoms with Crippen LogP contribution in [0.4, 0.5) is 5.69 Å². The van der Waals surface area contributed by atoms with Gasteiger partial charge in [0.2, 0.25) is 0 Å². The second-order valence-electron chi connectivity index (χ2n) is 4.18. The molecule has 7 heteroatoms. The van der Waals surface area contributed by atoms with Gasteiger partial charge in [0, 0.05) is 5.69 Å². The molecule has 0 saturated carbocycles. The van der Waals surface area contributed by atoms with Gasteiger partial charge in [-0.05, 0) is 24.6 Å². The third-order valence-corrected chi connectivity index (χ3v) is 2.66. The number of esters is 1. The molecule has 0 bridgehead atoms. The zero-order valence-corrected chi connectivity index (χ0v) is 10.9. The molecular weight excluding hydrogens is 266 g/mol. The van der Waals surface area contributed by atoms with Crippen molar-refractivity contribution in [1.82, 2.24) is 0 Å². The van der Waals surface area contributed by atoms with Crippen LogP contribution in [0, 0.1) is 0 Å². The van der Waals surface area contributed by atoms with Crippen LogP contribution in [-0.2, 0) is 9.53 Å². The number of hydrogen-bond donors (Lipinski definition) is 4. The van der Waals surface area contributed by atoms with Crippen molar-refractivity contribution in [3.05, 3.63) is 29.3 Å². The molecule has 1 rings (SSSR count). The summed E-state index contributed by atoms with van der Waals surface area (Å²) in [6.45, 7) is 1.82. The third-order valence-electron chi connectivity index (χ3n) is 2.66. The Morgan fingerprint density at radius 1 is 1.35 bits per heavy atom. The summed E-state index contributed by atoms with van der Waals surface area (Å²) >= 11 is 0. The standard InChI is InChI=1S/C13H17NO6/c1-2-20-13(19)8-5-7(3-4-9(8)14)12(18)10(15)6-11(16)17/h3-5,10,12,15,18H,2,6,14H2,1H3,(H,16,17). The lowest BCUT2D eigenvalue weighted by molar-refractivity contribution is -0.141. The Morgan fingerprint density at radius 3 is 2.55 bits per heavy atom. The maximum atomic E-state index is 11.6. The normalized spacial score (nSPS) is 13.6. The number of rotatable bonds is 6. The summed E-state index contributed by atoms with van der Waals surface area (Å²) in [6.07, 6.45) is -3.52. The molecule has 7 nitrogen and oxygen atoms in total. The van der Waals surface area contributed by atoms with E-state index in [1.807, 2.05) is 0 Å². The molecule has 20 heavy (non-hydrogen) atoms. The summed E-state index contributed by atoms with van der Waals surface area (Å²) in [4.78, 5) is 22.1. The van der Waals surface area contributed by atoms with Gasteiger partial charge >= 0.3 is 11.9 Å². The monoisotopic (exact) mass is 283 g/mol. The molecule has 2 unspecified atom stereocenters. The highest BCUT2D eigenvalue weighted by molar-refractivity contribution is 5.95. The van der Waals surface area contributed by atoms with Crippen molar-refractivity contribution in [3.63, 3.8) is 0 Å². The first-order valence-electron chi connectivity index (χ1n) is 6.01. The summed E-state index contributed by atoms with van der Waals surface area (Å²) in [5, 5.41) is 28.0. The first kappa shape index (κ1) is 15.9. The van der Waals surface area contributed by atoms with E-state index in [0.29, 0.717) is 0 Å². The largest absolute Gasteiger partial charge is 0.481 e. The van der Waals surface area contributed by atoms with Gasteiger partial charge in [0.25, 0.3) is 0 Å². The van der Waals surface area contributed by atoms with E-state index in [1.54, 1.807) is 6.92 Å². The van der Waals surface area contributed by atoms with E-state index in [9.17, 15) is 19.8 Å². The lowest BCUT2D eigenvalue weighted by Gasteiger charge is -2.17. The van der Waals surface area contributed by atoms with E-state index < -0.39 is 30.6 Å². The smallest absolute Gasteiger partial charge is 0.340 e. The Morgan fingerprint density at radius 2 is 2.00 bits per heavy atom. The van der Waals surface area contributed by atoms with Crippen molar-refractivity contribution in [2.45, 2.75) is 25.6 Å². The number of ether oxygens (including phenoxy) is 1. The Balaban J connectivity index is 2.99. The highest BCUT2D eigenvalue weighted by Crippen LogP contribution is 2.23. The molecule has 0 aromatic heterocycles. The van der Waals surface area contributed by atoms with Crippen LogP contribution in [0.15, 0.2) is 18.2 Å². The number of nitrogens with two attached hydrogens (primary N) is 1. The SMILES string of the molecule is CCOC(=O)c1cc(C(O)C(O)CC(=O)O)ccc1N. The van der Waals surface area contributed by atoms with Crippen molar-refractivity contribution >= 4 is 17.6 Å². The van der Waals surface area contributed by atoms with Gasteiger partial charge < -0.3 is 25.8 Å². The lowest BCUT2D eigenvalue weighted by atomic mass is 9.99. The van der Waals surface area contributed by atoms with E-state index in [4.69, 9.17) is 15.6 Å². The molecule has 0 aliphatic carbocycles. The molecule has 0 amide bonds. The lowest BCUT2D eigenvalue weighted by Crippen LogP contribution is -2.22. The van der Waals surface area contributed by atoms with Crippen LogP contribution in [0.1, 0.15) is 35.4 Å². The summed E-state index contributed by atoms with van der Waals surface area (Å²) in [6, 6.07) is 4.08. The second-order valence-corrected chi connectivity index (χ2v) is 4.18. The van der Waals surface area contributed by atoms with Gasteiger partial charge in [-0.2, -0.15) is 0 Å². The van der Waals surface area contributed by atoms with Crippen LogP contribution in [0.25, 0.3) is 0 Å². The maximum Gasteiger partial charge on any atom is 0.340 e. The average molecular weight is 283 g/mol. The molecule has 0 aliphatic heterocycles. The minimum atomic E-state index is -1.48. The summed E-state index contributed by atoms with van der Waals surface area (Å²) < 4.78 is 4.81. The van der Waals surface area contributed by atoms with Crippen LogP contribution in [-0.4, -0.2) is 40.0 Å². The van der Waals surface area contributed by atoms with E-state index in [0.717, 1.165) is 0 Å². The number of carbonyl (C=O) groups is 2. The predicted molar refractivity (Wildman–Crippen MR) is 70.0 cm³/mol. The predicted octanol–water partition coefficient (Wildman–Crippen LogP) is 0.314. The Labute approximate surface area is 115 Å². The molecule has 0 heterocycles. The molecule has 0 aliphatic rings. The molecule has 2 atom stereocenters. The van der Waals surface area contributed by atoms with Gasteiger partial charge in [-0.15, -0.1) is 0 Å². The van der Waals surface area contributed by atoms with E-state index in [-0.39, 0.29) is 23.4 Å². The number of benzene rings is 1. The van der Waals surface area contributed by atoms with Crippen molar-refractivity contribution in [2.75, 3.05) is 12.3 Å². The first-order valence-corrected chi connectivity index (χ1v) is 6.01. The number of aliphatic hydroxyl groups is 2. The van der Waals surface area contributed by atoms with Gasteiger partial charge in [0.05, 0.1) is 24.7 Å². The third kappa shape index (κ3) is 3.94. The van der Waals surface area contributed by atoms with Crippen molar-refractivity contribution in [3.8, 4) is 0 Å². The molecule has 0 spiro atoms. The molecule has 0 saturated heterocycles. The van der Waals surface area contributed by atoms with Crippen molar-refractivity contribution in [1.29, 1.82) is 0 Å². The highest BCUT2D eigenvalue weighted by Gasteiger charge is 2.23. The zero-order valence-electron chi connectivity index (χ0n) is 10.9. The van der Waals surface area contributed by atoms with E-state index in [2.05, 4.69) is 0 Å². The van der Waals surface area contributed by atoms with E-state index in [1.165, 1.54) is 18.2 Å². The second kappa shape index (κ2) is 6.88. The number of aliphatic carboxylic acids is 1. The fourth-order valence-electron chi connectivity index (χ4n) is 1.66. The molecule has 1 aromatic carbocycles. The number of anilines is 1. The number of carboxylic acid groups (broad SMARTS) is 1. The van der Waals surface area contributed by atoms with Crippen LogP contribution in [0.3, 0.4) is 0 Å². The van der Waals surface area contributed by atoms with Gasteiger partial charge in [-0.3, -0.25) is 4.79 Å². The quantitative estimate of drug-likeness (QED) is 0.436. The van der Waals surface area contributed by atoms with Crippen LogP contribution < -0.4 is 5.73 Å². The van der Waals surface area contributed by atoms with Gasteiger partial charge in [0.15, 0.2) is 0 Å². The summed E-state index contributed by atoms with van der Waals surface area (Å²) in [5.41, 5.74) is 6.06. The maximum absolute atomic E-state index is 11.6. The number of nitrogen functional groups attached to an aromatic ring is 1. The molecule has 1 aromatic rings. The minimum absolute atomic E-state index is 0.0610. The molecule has 110 valence electrons. The average Bonchev–Trinajstić information content (AvgIpc) is 2.37. The number of aliphatic hydroxyl groups excluding tert-OH is 2. The first-order chi connectivity index (χ1) is 9.36. The van der Waals surface area contributed by atoms with Gasteiger partial charge in [-0.1, -0.05) is 6.07 Å². The fourth-order valence-corrected chi connectivity index (χ4v) is 1.66. The summed E-state index contributed by atoms with van der Waals surface area (Å²) in [5.74, 6) is -1.88. The molecular formula is C13H17NO6. The highest BCUT2D eigenvalue weighted by atomic mass is 16.5. The Kier molecular flexibility index (Phi) is 5.48. The molecule has 0 fully saturated rings. The molecule has 5 N–H and O–H groups in total. The van der Waals surface area contributed by atoms with E-state index >= 15 is 0 Å². The zero-order chi connectivity index (χ0) is 15.3. The molecule has 0 radical (unpaired) electrons. The summed E-state index contributed by atoms with van der Waals surface area (Å²) in [7, 11) is 0. The topological polar surface area (TPSA) is 130 Å². The van der Waals surface area contributed by atoms with Gasteiger partial charge in [0.1, 0.15) is 6.10 Å². The van der Waals surface area contributed by atoms with Crippen molar-refractivity contribution < 1.29 is 29.6 Å².